The molecule has 2 aromatic carbocycles. The molecular formula is C18H30N4O7. The number of benzene rings is 2. The van der Waals surface area contributed by atoms with E-state index in [4.69, 9.17) is 10.9 Å². The van der Waals surface area contributed by atoms with Crippen molar-refractivity contribution in [1.29, 1.82) is 0 Å². The van der Waals surface area contributed by atoms with Crippen LogP contribution in [0.5, 0.6) is 0 Å². The lowest BCUT2D eigenvalue weighted by molar-refractivity contribution is -0.150. The number of hydrogen-bond acceptors (Lipinski definition) is 9. The van der Waals surface area contributed by atoms with Crippen molar-refractivity contribution in [2.75, 3.05) is 14.2 Å². The smallest absolute Gasteiger partial charge is 0.339 e. The molecule has 0 aromatic heterocycles. The van der Waals surface area contributed by atoms with Crippen LogP contribution in [0, 0.1) is 0 Å². The zero-order valence-electron chi connectivity index (χ0n) is 16.2. The average Bonchev–Trinajstić information content (AvgIpc) is 2.81. The third kappa shape index (κ3) is 12.2. The van der Waals surface area contributed by atoms with Gasteiger partial charge < -0.3 is 25.5 Å². The Hall–Kier alpha value is -2.90. The van der Waals surface area contributed by atoms with Crippen LogP contribution in [-0.4, -0.2) is 46.9 Å². The number of hydrazine groups is 2. The third-order valence-electron chi connectivity index (χ3n) is 3.05. The number of ether oxygens (including phenoxy) is 1. The van der Waals surface area contributed by atoms with Crippen LogP contribution in [0.15, 0.2) is 60.7 Å². The minimum absolute atomic E-state index is 0. The molecule has 0 fully saturated rings. The summed E-state index contributed by atoms with van der Waals surface area (Å²) in [6, 6.07) is 17.2. The standard InChI is InChI=1S/C9H10O3.C8H10N2O2.CH4O.H4N2.H2O/c1-12-9(11)8(10)7-5-3-2-4-6-7;9-10-8(12)7(11)6-4-2-1-3-5-6;2*1-2;/h2-6,8,10H,1H3;1-5,7,11H,9H2,(H,10,12);2H,1H3;1-2H2;1H2/t8-;7-;;;/m00.../s1. The van der Waals surface area contributed by atoms with Crippen molar-refractivity contribution >= 4 is 11.9 Å². The van der Waals surface area contributed by atoms with Crippen LogP contribution in [0.3, 0.4) is 0 Å². The number of methoxy groups -OCH3 is 1. The van der Waals surface area contributed by atoms with Gasteiger partial charge in [-0.15, -0.1) is 0 Å². The molecule has 11 heteroatoms. The third-order valence-corrected chi connectivity index (χ3v) is 3.05. The Morgan fingerprint density at radius 3 is 1.52 bits per heavy atom. The molecule has 2 rings (SSSR count). The topological polar surface area (TPSA) is 226 Å². The second-order valence-corrected chi connectivity index (χ2v) is 4.66. The van der Waals surface area contributed by atoms with Gasteiger partial charge in [-0.05, 0) is 11.1 Å². The molecule has 0 saturated carbocycles. The summed E-state index contributed by atoms with van der Waals surface area (Å²) in [5.74, 6) is 11.6. The van der Waals surface area contributed by atoms with E-state index in [0.717, 1.165) is 7.11 Å². The second kappa shape index (κ2) is 19.9. The SMILES string of the molecule is CO.COC(=O)[C@@H](O)c1ccccc1.NN.NNC(=O)[C@@H](O)c1ccccc1.O. The monoisotopic (exact) mass is 414 g/mol. The fourth-order valence-corrected chi connectivity index (χ4v) is 1.75. The lowest BCUT2D eigenvalue weighted by Crippen LogP contribution is -2.34. The number of amides is 1. The first kappa shape index (κ1) is 30.8. The van der Waals surface area contributed by atoms with E-state index in [1.165, 1.54) is 7.11 Å². The molecule has 0 spiro atoms. The van der Waals surface area contributed by atoms with Gasteiger partial charge in [0.05, 0.1) is 7.11 Å². The summed E-state index contributed by atoms with van der Waals surface area (Å²) in [4.78, 5) is 21.7. The van der Waals surface area contributed by atoms with Crippen LogP contribution in [0.2, 0.25) is 0 Å². The molecule has 0 unspecified atom stereocenters. The van der Waals surface area contributed by atoms with Crippen molar-refractivity contribution in [3.05, 3.63) is 71.8 Å². The lowest BCUT2D eigenvalue weighted by atomic mass is 10.1. The predicted octanol–water partition coefficient (Wildman–Crippen LogP) is -1.79. The van der Waals surface area contributed by atoms with E-state index >= 15 is 0 Å². The van der Waals surface area contributed by atoms with E-state index in [0.29, 0.717) is 11.1 Å². The highest BCUT2D eigenvalue weighted by Crippen LogP contribution is 2.12. The minimum atomic E-state index is -1.18. The van der Waals surface area contributed by atoms with Crippen LogP contribution in [-0.2, 0) is 14.3 Å². The highest BCUT2D eigenvalue weighted by molar-refractivity contribution is 5.81. The summed E-state index contributed by atoms with van der Waals surface area (Å²) >= 11 is 0. The molecule has 0 heterocycles. The molecule has 1 amide bonds. The van der Waals surface area contributed by atoms with E-state index in [1.54, 1.807) is 54.6 Å². The molecular weight excluding hydrogens is 384 g/mol. The maximum atomic E-state index is 10.8. The maximum Gasteiger partial charge on any atom is 0.339 e. The van der Waals surface area contributed by atoms with E-state index in [1.807, 2.05) is 11.5 Å². The summed E-state index contributed by atoms with van der Waals surface area (Å²) in [5, 5.41) is 25.6. The molecule has 0 saturated heterocycles. The number of rotatable bonds is 4. The average molecular weight is 414 g/mol. The normalized spacial score (nSPS) is 10.5. The molecule has 2 aromatic rings. The van der Waals surface area contributed by atoms with Gasteiger partial charge >= 0.3 is 5.97 Å². The Morgan fingerprint density at radius 2 is 1.21 bits per heavy atom. The molecule has 0 radical (unpaired) electrons. The van der Waals surface area contributed by atoms with Crippen LogP contribution in [0.25, 0.3) is 0 Å². The minimum Gasteiger partial charge on any atom is -0.467 e. The summed E-state index contributed by atoms with van der Waals surface area (Å²) in [6.45, 7) is 0. The van der Waals surface area contributed by atoms with Gasteiger partial charge in [-0.25, -0.2) is 10.6 Å². The summed E-state index contributed by atoms with van der Waals surface area (Å²) in [5.41, 5.74) is 2.95. The number of nitrogens with one attached hydrogen (secondary N) is 1. The Bertz CT molecular complexity index is 588. The number of aliphatic hydroxyl groups excluding tert-OH is 3. The van der Waals surface area contributed by atoms with Gasteiger partial charge in [0.25, 0.3) is 5.91 Å². The Kier molecular flexibility index (Phi) is 21.1. The highest BCUT2D eigenvalue weighted by Gasteiger charge is 2.16. The Labute approximate surface area is 169 Å². The number of carbonyl (C=O) groups is 2. The maximum absolute atomic E-state index is 10.8. The molecule has 0 aliphatic carbocycles. The Balaban J connectivity index is -0.000000386. The van der Waals surface area contributed by atoms with Crippen molar-refractivity contribution in [3.63, 3.8) is 0 Å². The first-order valence-corrected chi connectivity index (χ1v) is 7.83. The summed E-state index contributed by atoms with van der Waals surface area (Å²) in [6.07, 6.45) is -2.35. The Morgan fingerprint density at radius 1 is 0.862 bits per heavy atom. The molecule has 11 nitrogen and oxygen atoms in total. The van der Waals surface area contributed by atoms with E-state index < -0.39 is 24.1 Å². The van der Waals surface area contributed by atoms with Crippen molar-refractivity contribution in [2.45, 2.75) is 12.2 Å². The van der Waals surface area contributed by atoms with E-state index in [2.05, 4.69) is 16.4 Å². The number of hydrogen-bond donors (Lipinski definition) is 7. The van der Waals surface area contributed by atoms with Gasteiger partial charge in [0.2, 0.25) is 0 Å². The highest BCUT2D eigenvalue weighted by atomic mass is 16.5. The largest absolute Gasteiger partial charge is 0.467 e. The number of carbonyl (C=O) groups excluding carboxylic acids is 2. The first-order valence-electron chi connectivity index (χ1n) is 7.83. The fraction of sp³-hybridized carbons (Fsp3) is 0.222. The van der Waals surface area contributed by atoms with Crippen LogP contribution < -0.4 is 23.0 Å². The van der Waals surface area contributed by atoms with Gasteiger partial charge in [0.1, 0.15) is 0 Å². The van der Waals surface area contributed by atoms with Crippen molar-refractivity contribution in [2.24, 2.45) is 17.5 Å². The van der Waals surface area contributed by atoms with Gasteiger partial charge in [-0.3, -0.25) is 21.9 Å². The zero-order valence-corrected chi connectivity index (χ0v) is 16.2. The van der Waals surface area contributed by atoms with Crippen molar-refractivity contribution in [3.8, 4) is 0 Å². The van der Waals surface area contributed by atoms with Crippen LogP contribution in [0.4, 0.5) is 0 Å². The van der Waals surface area contributed by atoms with Crippen LogP contribution in [0.1, 0.15) is 23.3 Å². The molecule has 164 valence electrons. The number of aliphatic hydroxyl groups is 3. The molecule has 12 N–H and O–H groups in total. The molecule has 2 atom stereocenters. The van der Waals surface area contributed by atoms with Gasteiger partial charge in [-0.1, -0.05) is 60.7 Å². The fourth-order valence-electron chi connectivity index (χ4n) is 1.75. The van der Waals surface area contributed by atoms with Crippen molar-refractivity contribution < 1.29 is 35.1 Å². The zero-order chi connectivity index (χ0) is 21.9. The summed E-state index contributed by atoms with van der Waals surface area (Å²) in [7, 11) is 2.24. The van der Waals surface area contributed by atoms with Gasteiger partial charge in [-0.2, -0.15) is 0 Å². The number of esters is 1. The molecule has 29 heavy (non-hydrogen) atoms. The first-order chi connectivity index (χ1) is 13.5. The quantitative estimate of drug-likeness (QED) is 0.129. The van der Waals surface area contributed by atoms with Gasteiger partial charge in [0, 0.05) is 7.11 Å². The number of nitrogens with two attached hydrogens (primary N) is 3. The predicted molar refractivity (Wildman–Crippen MR) is 107 cm³/mol. The van der Waals surface area contributed by atoms with E-state index in [-0.39, 0.29) is 5.48 Å². The molecule has 0 aliphatic rings. The summed E-state index contributed by atoms with van der Waals surface area (Å²) < 4.78 is 4.38. The molecule has 0 aliphatic heterocycles. The second-order valence-electron chi connectivity index (χ2n) is 4.66. The molecule has 0 bridgehead atoms. The lowest BCUT2D eigenvalue weighted by Gasteiger charge is -2.07. The van der Waals surface area contributed by atoms with E-state index in [9.17, 15) is 19.8 Å². The van der Waals surface area contributed by atoms with Crippen molar-refractivity contribution in [1.82, 2.24) is 5.43 Å². The van der Waals surface area contributed by atoms with Gasteiger partial charge in [0.15, 0.2) is 12.2 Å². The van der Waals surface area contributed by atoms with Crippen LogP contribution >= 0.6 is 0 Å².